The number of aliphatic hydroxyl groups excluding tert-OH is 1. The summed E-state index contributed by atoms with van der Waals surface area (Å²) in [7, 11) is 0. The van der Waals surface area contributed by atoms with Gasteiger partial charge in [0.05, 0.1) is 0 Å². The maximum atomic E-state index is 13.6. The molecule has 1 aliphatic carbocycles. The highest BCUT2D eigenvalue weighted by molar-refractivity contribution is 5.75. The zero-order valence-corrected chi connectivity index (χ0v) is 11.9. The molecule has 3 N–H and O–H groups in total. The van der Waals surface area contributed by atoms with Crippen molar-refractivity contribution in [2.45, 2.75) is 44.2 Å². The number of urea groups is 1. The fourth-order valence-electron chi connectivity index (χ4n) is 2.40. The number of hydrogen-bond acceptors (Lipinski definition) is 2. The summed E-state index contributed by atoms with van der Waals surface area (Å²) in [4.78, 5) is 11.7. The fourth-order valence-corrected chi connectivity index (χ4v) is 2.40. The number of halogens is 2. The number of benzene rings is 1. The molecule has 0 unspecified atom stereocenters. The topological polar surface area (TPSA) is 61.4 Å². The Labute approximate surface area is 122 Å². The van der Waals surface area contributed by atoms with Gasteiger partial charge in [-0.1, -0.05) is 6.07 Å². The van der Waals surface area contributed by atoms with E-state index in [-0.39, 0.29) is 30.6 Å². The lowest BCUT2D eigenvalue weighted by atomic mass is 10.1. The summed E-state index contributed by atoms with van der Waals surface area (Å²) in [5, 5.41) is 14.3. The lowest BCUT2D eigenvalue weighted by Gasteiger charge is -2.14. The molecule has 1 saturated carbocycles. The Kier molecular flexibility index (Phi) is 5.12. The van der Waals surface area contributed by atoms with Gasteiger partial charge in [-0.2, -0.15) is 0 Å². The Morgan fingerprint density at radius 2 is 2.24 bits per heavy atom. The second-order valence-corrected chi connectivity index (χ2v) is 5.50. The third kappa shape index (κ3) is 4.39. The molecule has 0 aromatic heterocycles. The van der Waals surface area contributed by atoms with E-state index in [4.69, 9.17) is 5.11 Å². The molecule has 0 heterocycles. The highest BCUT2D eigenvalue weighted by Gasteiger charge is 2.41. The average molecular weight is 298 g/mol. The molecule has 3 atom stereocenters. The monoisotopic (exact) mass is 298 g/mol. The van der Waals surface area contributed by atoms with E-state index < -0.39 is 11.6 Å². The van der Waals surface area contributed by atoms with Gasteiger partial charge in [-0.3, -0.25) is 0 Å². The van der Waals surface area contributed by atoms with Gasteiger partial charge in [-0.05, 0) is 37.8 Å². The summed E-state index contributed by atoms with van der Waals surface area (Å²) in [6.45, 7) is 1.96. The molecule has 4 nitrogen and oxygen atoms in total. The van der Waals surface area contributed by atoms with Crippen molar-refractivity contribution in [2.24, 2.45) is 0 Å². The van der Waals surface area contributed by atoms with Gasteiger partial charge in [0, 0.05) is 30.7 Å². The first-order valence-electron chi connectivity index (χ1n) is 7.14. The highest BCUT2D eigenvalue weighted by atomic mass is 19.1. The molecule has 1 aromatic rings. The summed E-state index contributed by atoms with van der Waals surface area (Å²) < 4.78 is 26.5. The number of aliphatic hydroxyl groups is 1. The molecule has 2 rings (SSSR count). The summed E-state index contributed by atoms with van der Waals surface area (Å²) >= 11 is 0. The molecule has 1 aliphatic rings. The van der Waals surface area contributed by atoms with Crippen LogP contribution < -0.4 is 10.6 Å². The van der Waals surface area contributed by atoms with Crippen LogP contribution >= 0.6 is 0 Å². The van der Waals surface area contributed by atoms with Crippen LogP contribution in [0.2, 0.25) is 0 Å². The summed E-state index contributed by atoms with van der Waals surface area (Å²) in [5.41, 5.74) is 0.440. The average Bonchev–Trinajstić information content (AvgIpc) is 3.15. The van der Waals surface area contributed by atoms with Gasteiger partial charge < -0.3 is 15.7 Å². The first-order chi connectivity index (χ1) is 10.0. The first-order valence-corrected chi connectivity index (χ1v) is 7.14. The maximum Gasteiger partial charge on any atom is 0.315 e. The van der Waals surface area contributed by atoms with Crippen LogP contribution in [0.4, 0.5) is 13.6 Å². The van der Waals surface area contributed by atoms with Crippen LogP contribution in [-0.2, 0) is 0 Å². The molecule has 0 saturated heterocycles. The van der Waals surface area contributed by atoms with Crippen molar-refractivity contribution in [3.05, 3.63) is 35.4 Å². The second kappa shape index (κ2) is 6.85. The van der Waals surface area contributed by atoms with Crippen LogP contribution in [0.5, 0.6) is 0 Å². The maximum absolute atomic E-state index is 13.6. The van der Waals surface area contributed by atoms with Gasteiger partial charge in [-0.25, -0.2) is 13.6 Å². The Bertz CT molecular complexity index is 510. The predicted molar refractivity (Wildman–Crippen MR) is 75.0 cm³/mol. The van der Waals surface area contributed by atoms with Crippen LogP contribution in [0.15, 0.2) is 18.2 Å². The zero-order valence-electron chi connectivity index (χ0n) is 11.9. The molecule has 0 radical (unpaired) electrons. The molecule has 1 fully saturated rings. The summed E-state index contributed by atoms with van der Waals surface area (Å²) in [6, 6.07) is 3.08. The van der Waals surface area contributed by atoms with E-state index in [2.05, 4.69) is 10.6 Å². The van der Waals surface area contributed by atoms with E-state index in [1.54, 1.807) is 0 Å². The summed E-state index contributed by atoms with van der Waals surface area (Å²) in [6.07, 6.45) is 1.99. The largest absolute Gasteiger partial charge is 0.396 e. The number of rotatable bonds is 6. The Hall–Kier alpha value is -1.69. The van der Waals surface area contributed by atoms with Gasteiger partial charge >= 0.3 is 6.03 Å². The van der Waals surface area contributed by atoms with Crippen LogP contribution in [0.1, 0.15) is 37.7 Å². The van der Waals surface area contributed by atoms with Crippen LogP contribution in [-0.4, -0.2) is 29.8 Å². The molecule has 2 amide bonds. The molecule has 116 valence electrons. The molecular formula is C15H20F2N2O2. The third-order valence-corrected chi connectivity index (χ3v) is 3.64. The second-order valence-electron chi connectivity index (χ2n) is 5.50. The number of carbonyl (C=O) groups is 1. The SMILES string of the molecule is C[C@H](CCCO)NC(=O)N[C@@H]1C[C@H]1c1ccc(F)cc1F. The molecule has 1 aromatic carbocycles. The fraction of sp³-hybridized carbons (Fsp3) is 0.533. The zero-order chi connectivity index (χ0) is 15.4. The number of nitrogens with one attached hydrogen (secondary N) is 2. The Balaban J connectivity index is 1.80. The Morgan fingerprint density at radius 1 is 1.48 bits per heavy atom. The van der Waals surface area contributed by atoms with Gasteiger partial charge in [0.1, 0.15) is 11.6 Å². The van der Waals surface area contributed by atoms with E-state index in [0.29, 0.717) is 24.8 Å². The van der Waals surface area contributed by atoms with E-state index >= 15 is 0 Å². The van der Waals surface area contributed by atoms with Crippen molar-refractivity contribution in [2.75, 3.05) is 6.61 Å². The van der Waals surface area contributed by atoms with Crippen molar-refractivity contribution in [3.8, 4) is 0 Å². The van der Waals surface area contributed by atoms with Crippen molar-refractivity contribution >= 4 is 6.03 Å². The molecule has 6 heteroatoms. The third-order valence-electron chi connectivity index (χ3n) is 3.64. The predicted octanol–water partition coefficient (Wildman–Crippen LogP) is 2.28. The van der Waals surface area contributed by atoms with E-state index in [0.717, 1.165) is 6.07 Å². The normalized spacial score (nSPS) is 21.7. The number of carbonyl (C=O) groups excluding carboxylic acids is 1. The molecule has 0 spiro atoms. The standard InChI is InChI=1S/C15H20F2N2O2/c1-9(3-2-6-20)18-15(21)19-14-8-12(14)11-5-4-10(16)7-13(11)17/h4-5,7,9,12,14,20H,2-3,6,8H2,1H3,(H2,18,19,21)/t9-,12+,14-/m1/s1. The van der Waals surface area contributed by atoms with Gasteiger partial charge in [0.25, 0.3) is 0 Å². The van der Waals surface area contributed by atoms with Crippen molar-refractivity contribution < 1.29 is 18.7 Å². The quantitative estimate of drug-likeness (QED) is 0.754. The Morgan fingerprint density at radius 3 is 2.90 bits per heavy atom. The van der Waals surface area contributed by atoms with E-state index in [1.165, 1.54) is 12.1 Å². The van der Waals surface area contributed by atoms with Crippen LogP contribution in [0.25, 0.3) is 0 Å². The van der Waals surface area contributed by atoms with Gasteiger partial charge in [-0.15, -0.1) is 0 Å². The van der Waals surface area contributed by atoms with Gasteiger partial charge in [0.15, 0.2) is 0 Å². The smallest absolute Gasteiger partial charge is 0.315 e. The molecule has 21 heavy (non-hydrogen) atoms. The highest BCUT2D eigenvalue weighted by Crippen LogP contribution is 2.41. The molecular weight excluding hydrogens is 278 g/mol. The van der Waals surface area contributed by atoms with Crippen molar-refractivity contribution in [1.29, 1.82) is 0 Å². The van der Waals surface area contributed by atoms with Gasteiger partial charge in [0.2, 0.25) is 0 Å². The number of hydrogen-bond donors (Lipinski definition) is 3. The lowest BCUT2D eigenvalue weighted by Crippen LogP contribution is -2.42. The van der Waals surface area contributed by atoms with Crippen LogP contribution in [0.3, 0.4) is 0 Å². The first kappa shape index (κ1) is 15.7. The van der Waals surface area contributed by atoms with E-state index in [9.17, 15) is 13.6 Å². The minimum Gasteiger partial charge on any atom is -0.396 e. The molecule has 0 aliphatic heterocycles. The number of amides is 2. The minimum absolute atomic E-state index is 0.0306. The van der Waals surface area contributed by atoms with Crippen LogP contribution in [0, 0.1) is 11.6 Å². The summed E-state index contributed by atoms with van der Waals surface area (Å²) in [5.74, 6) is -1.26. The van der Waals surface area contributed by atoms with E-state index in [1.807, 2.05) is 6.92 Å². The lowest BCUT2D eigenvalue weighted by molar-refractivity contribution is 0.233. The minimum atomic E-state index is -0.600. The van der Waals surface area contributed by atoms with Crippen molar-refractivity contribution in [3.63, 3.8) is 0 Å². The molecule has 0 bridgehead atoms. The van der Waals surface area contributed by atoms with Crippen molar-refractivity contribution in [1.82, 2.24) is 10.6 Å².